The van der Waals surface area contributed by atoms with Crippen LogP contribution in [0.4, 0.5) is 0 Å². The maximum atomic E-state index is 3.45. The Morgan fingerprint density at radius 2 is 1.78 bits per heavy atom. The van der Waals surface area contributed by atoms with Crippen LogP contribution >= 0.6 is 11.8 Å². The van der Waals surface area contributed by atoms with Crippen molar-refractivity contribution < 1.29 is 0 Å². The van der Waals surface area contributed by atoms with Gasteiger partial charge in [-0.3, -0.25) is 0 Å². The third-order valence-corrected chi connectivity index (χ3v) is 4.17. The lowest BCUT2D eigenvalue weighted by atomic mass is 10.2. The molecule has 1 nitrogen and oxygen atoms in total. The Morgan fingerprint density at radius 1 is 0.944 bits per heavy atom. The fourth-order valence-electron chi connectivity index (χ4n) is 2.04. The number of fused-ring (bicyclic) bond motifs is 1. The molecule has 90 valence electrons. The topological polar surface area (TPSA) is 15.8 Å². The van der Waals surface area contributed by atoms with Crippen molar-refractivity contribution in [1.29, 1.82) is 0 Å². The van der Waals surface area contributed by atoms with E-state index in [1.54, 1.807) is 11.8 Å². The number of aromatic amines is 1. The Labute approximate surface area is 111 Å². The number of H-pyrrole nitrogens is 1. The highest BCUT2D eigenvalue weighted by Crippen LogP contribution is 2.32. The third kappa shape index (κ3) is 2.16. The highest BCUT2D eigenvalue weighted by Gasteiger charge is 2.04. The summed E-state index contributed by atoms with van der Waals surface area (Å²) < 4.78 is 0. The molecule has 0 bridgehead atoms. The molecule has 0 saturated heterocycles. The number of rotatable bonds is 2. The number of hydrogen-bond acceptors (Lipinski definition) is 1. The summed E-state index contributed by atoms with van der Waals surface area (Å²) in [5.41, 5.74) is 3.83. The second-order valence-corrected chi connectivity index (χ2v) is 5.68. The average molecular weight is 253 g/mol. The molecule has 0 aliphatic rings. The zero-order valence-electron chi connectivity index (χ0n) is 10.5. The van der Waals surface area contributed by atoms with Crippen LogP contribution in [0, 0.1) is 13.8 Å². The molecule has 1 heterocycles. The van der Waals surface area contributed by atoms with Gasteiger partial charge in [0.15, 0.2) is 0 Å². The van der Waals surface area contributed by atoms with Gasteiger partial charge in [-0.25, -0.2) is 0 Å². The van der Waals surface area contributed by atoms with Crippen molar-refractivity contribution in [1.82, 2.24) is 4.98 Å². The van der Waals surface area contributed by atoms with Gasteiger partial charge in [-0.1, -0.05) is 42.1 Å². The number of hydrogen-bond donors (Lipinski definition) is 1. The molecule has 0 spiro atoms. The van der Waals surface area contributed by atoms with E-state index in [1.807, 2.05) is 0 Å². The molecule has 0 aliphatic carbocycles. The predicted molar refractivity (Wildman–Crippen MR) is 78.3 cm³/mol. The van der Waals surface area contributed by atoms with Gasteiger partial charge in [0.05, 0.1) is 5.03 Å². The van der Waals surface area contributed by atoms with Crippen LogP contribution in [0.3, 0.4) is 0 Å². The number of benzene rings is 2. The van der Waals surface area contributed by atoms with Crippen molar-refractivity contribution in [2.75, 3.05) is 0 Å². The van der Waals surface area contributed by atoms with Gasteiger partial charge < -0.3 is 4.98 Å². The third-order valence-electron chi connectivity index (χ3n) is 3.07. The summed E-state index contributed by atoms with van der Waals surface area (Å²) in [7, 11) is 0. The zero-order chi connectivity index (χ0) is 12.5. The van der Waals surface area contributed by atoms with Crippen LogP contribution in [-0.4, -0.2) is 4.98 Å². The van der Waals surface area contributed by atoms with Crippen LogP contribution < -0.4 is 0 Å². The highest BCUT2D eigenvalue weighted by atomic mass is 32.2. The summed E-state index contributed by atoms with van der Waals surface area (Å²) in [5.74, 6) is 0. The monoisotopic (exact) mass is 253 g/mol. The quantitative estimate of drug-likeness (QED) is 0.684. The summed E-state index contributed by atoms with van der Waals surface area (Å²) in [6.07, 6.45) is 0. The molecule has 1 N–H and O–H groups in total. The van der Waals surface area contributed by atoms with Gasteiger partial charge in [0.25, 0.3) is 0 Å². The van der Waals surface area contributed by atoms with E-state index in [2.05, 4.69) is 67.4 Å². The van der Waals surface area contributed by atoms with Gasteiger partial charge >= 0.3 is 0 Å². The number of aryl methyl sites for hydroxylation is 2. The Bertz CT molecular complexity index is 664. The SMILES string of the molecule is Cc1ccc(C)c(Sc2cc3ccccc3[nH]2)c1. The fourth-order valence-corrected chi connectivity index (χ4v) is 3.10. The van der Waals surface area contributed by atoms with Crippen LogP contribution in [0.5, 0.6) is 0 Å². The molecule has 2 aromatic carbocycles. The standard InChI is InChI=1S/C16H15NS/c1-11-7-8-12(2)15(9-11)18-16-10-13-5-3-4-6-14(13)17-16/h3-10,17H,1-2H3. The van der Waals surface area contributed by atoms with Gasteiger partial charge in [0.2, 0.25) is 0 Å². The normalized spacial score (nSPS) is 11.0. The lowest BCUT2D eigenvalue weighted by Crippen LogP contribution is -1.81. The summed E-state index contributed by atoms with van der Waals surface area (Å²) in [5, 5.41) is 2.47. The minimum absolute atomic E-state index is 1.20. The Hall–Kier alpha value is -1.67. The first-order valence-electron chi connectivity index (χ1n) is 6.05. The van der Waals surface area contributed by atoms with Gasteiger partial charge in [0, 0.05) is 15.8 Å². The molecule has 1 aromatic heterocycles. The van der Waals surface area contributed by atoms with Crippen LogP contribution in [0.25, 0.3) is 10.9 Å². The molecule has 0 amide bonds. The molecule has 3 rings (SSSR count). The zero-order valence-corrected chi connectivity index (χ0v) is 11.3. The minimum Gasteiger partial charge on any atom is -0.349 e. The summed E-state index contributed by atoms with van der Waals surface area (Å²) in [4.78, 5) is 4.77. The largest absolute Gasteiger partial charge is 0.349 e. The van der Waals surface area contributed by atoms with Gasteiger partial charge in [-0.2, -0.15) is 0 Å². The Kier molecular flexibility index (Phi) is 2.88. The predicted octanol–water partition coefficient (Wildman–Crippen LogP) is 4.94. The van der Waals surface area contributed by atoms with Crippen LogP contribution in [0.15, 0.2) is 58.5 Å². The van der Waals surface area contributed by atoms with Crippen molar-refractivity contribution in [2.45, 2.75) is 23.8 Å². The van der Waals surface area contributed by atoms with E-state index in [0.717, 1.165) is 0 Å². The van der Waals surface area contributed by atoms with E-state index in [9.17, 15) is 0 Å². The van der Waals surface area contributed by atoms with Crippen molar-refractivity contribution in [2.24, 2.45) is 0 Å². The number of nitrogens with one attached hydrogen (secondary N) is 1. The van der Waals surface area contributed by atoms with Gasteiger partial charge in [-0.05, 0) is 43.2 Å². The average Bonchev–Trinajstić information content (AvgIpc) is 2.76. The Balaban J connectivity index is 1.98. The van der Waals surface area contributed by atoms with Crippen LogP contribution in [0.2, 0.25) is 0 Å². The molecule has 0 atom stereocenters. The van der Waals surface area contributed by atoms with E-state index >= 15 is 0 Å². The van der Waals surface area contributed by atoms with E-state index in [4.69, 9.17) is 0 Å². The van der Waals surface area contributed by atoms with Crippen LogP contribution in [0.1, 0.15) is 11.1 Å². The molecular formula is C16H15NS. The van der Waals surface area contributed by atoms with Gasteiger partial charge in [-0.15, -0.1) is 0 Å². The summed E-state index contributed by atoms with van der Waals surface area (Å²) in [6, 6.07) is 17.2. The highest BCUT2D eigenvalue weighted by molar-refractivity contribution is 7.99. The van der Waals surface area contributed by atoms with Crippen LogP contribution in [-0.2, 0) is 0 Å². The summed E-state index contributed by atoms with van der Waals surface area (Å²) >= 11 is 1.80. The molecule has 3 aromatic rings. The molecule has 2 heteroatoms. The van der Waals surface area contributed by atoms with E-state index in [-0.39, 0.29) is 0 Å². The number of para-hydroxylation sites is 1. The van der Waals surface area contributed by atoms with Gasteiger partial charge in [0.1, 0.15) is 0 Å². The van der Waals surface area contributed by atoms with E-state index < -0.39 is 0 Å². The number of aromatic nitrogens is 1. The maximum absolute atomic E-state index is 3.45. The van der Waals surface area contributed by atoms with E-state index in [1.165, 1.54) is 32.0 Å². The second-order valence-electron chi connectivity index (χ2n) is 4.59. The lowest BCUT2D eigenvalue weighted by Gasteiger charge is -2.04. The molecule has 0 radical (unpaired) electrons. The van der Waals surface area contributed by atoms with Crippen molar-refractivity contribution in [3.8, 4) is 0 Å². The maximum Gasteiger partial charge on any atom is 0.0780 e. The molecule has 0 saturated carbocycles. The van der Waals surface area contributed by atoms with Crippen molar-refractivity contribution >= 4 is 22.7 Å². The smallest absolute Gasteiger partial charge is 0.0780 e. The lowest BCUT2D eigenvalue weighted by molar-refractivity contribution is 1.21. The first-order valence-corrected chi connectivity index (χ1v) is 6.87. The Morgan fingerprint density at radius 3 is 2.61 bits per heavy atom. The minimum atomic E-state index is 1.20. The van der Waals surface area contributed by atoms with Crippen molar-refractivity contribution in [3.05, 3.63) is 59.7 Å². The first-order chi connectivity index (χ1) is 8.72. The molecule has 0 aliphatic heterocycles. The molecule has 0 fully saturated rings. The van der Waals surface area contributed by atoms with Crippen molar-refractivity contribution in [3.63, 3.8) is 0 Å². The second kappa shape index (κ2) is 4.54. The first kappa shape index (κ1) is 11.4. The molecule has 0 unspecified atom stereocenters. The molecule has 18 heavy (non-hydrogen) atoms. The summed E-state index contributed by atoms with van der Waals surface area (Å²) in [6.45, 7) is 4.29. The fraction of sp³-hybridized carbons (Fsp3) is 0.125. The van der Waals surface area contributed by atoms with E-state index in [0.29, 0.717) is 0 Å². The molecular weight excluding hydrogens is 238 g/mol.